The van der Waals surface area contributed by atoms with Crippen molar-refractivity contribution in [3.63, 3.8) is 0 Å². The van der Waals surface area contributed by atoms with Crippen molar-refractivity contribution in [2.45, 2.75) is 65.1 Å². The molecule has 0 aromatic rings. The minimum absolute atomic E-state index is 0.263. The highest BCUT2D eigenvalue weighted by molar-refractivity contribution is 5.24. The Kier molecular flexibility index (Phi) is 1.48. The average Bonchev–Trinajstić information content (AvgIpc) is 2.67. The predicted octanol–water partition coefficient (Wildman–Crippen LogP) is 3.63. The van der Waals surface area contributed by atoms with Crippen molar-refractivity contribution in [3.05, 3.63) is 0 Å². The van der Waals surface area contributed by atoms with E-state index in [9.17, 15) is 0 Å². The van der Waals surface area contributed by atoms with Crippen LogP contribution in [0, 0.1) is 28.6 Å². The molecule has 3 saturated carbocycles. The summed E-state index contributed by atoms with van der Waals surface area (Å²) in [5.41, 5.74) is 1.44. The van der Waals surface area contributed by atoms with Crippen LogP contribution >= 0.6 is 0 Å². The number of rotatable bonds is 0. The van der Waals surface area contributed by atoms with Crippen LogP contribution in [0.1, 0.15) is 53.4 Å². The first-order valence-corrected chi connectivity index (χ1v) is 7.09. The van der Waals surface area contributed by atoms with E-state index in [1.807, 2.05) is 0 Å². The van der Waals surface area contributed by atoms with Crippen molar-refractivity contribution in [2.24, 2.45) is 28.6 Å². The summed E-state index contributed by atoms with van der Waals surface area (Å²) < 4.78 is 6.09. The van der Waals surface area contributed by atoms with Crippen LogP contribution in [0.15, 0.2) is 0 Å². The molecule has 4 rings (SSSR count). The molecular formula is C15H24O. The molecule has 1 heterocycles. The van der Waals surface area contributed by atoms with Gasteiger partial charge < -0.3 is 4.74 Å². The van der Waals surface area contributed by atoms with Crippen molar-refractivity contribution in [1.29, 1.82) is 0 Å². The van der Waals surface area contributed by atoms with E-state index in [1.165, 1.54) is 25.7 Å². The summed E-state index contributed by atoms with van der Waals surface area (Å²) in [7, 11) is 0. The first-order chi connectivity index (χ1) is 7.41. The highest BCUT2D eigenvalue weighted by atomic mass is 16.6. The first-order valence-electron chi connectivity index (χ1n) is 7.09. The maximum Gasteiger partial charge on any atom is 0.0954 e. The third-order valence-electron chi connectivity index (χ3n) is 7.18. The van der Waals surface area contributed by atoms with E-state index >= 15 is 0 Å². The van der Waals surface area contributed by atoms with Gasteiger partial charge in [0, 0.05) is 0 Å². The molecule has 16 heavy (non-hydrogen) atoms. The van der Waals surface area contributed by atoms with Crippen LogP contribution < -0.4 is 0 Å². The molecule has 0 N–H and O–H groups in total. The fraction of sp³-hybridized carbons (Fsp3) is 1.00. The summed E-state index contributed by atoms with van der Waals surface area (Å²) in [5, 5.41) is 0. The molecule has 90 valence electrons. The molecule has 1 nitrogen and oxygen atoms in total. The van der Waals surface area contributed by atoms with Gasteiger partial charge in [0.05, 0.1) is 11.7 Å². The van der Waals surface area contributed by atoms with Crippen LogP contribution in [0.4, 0.5) is 0 Å². The summed E-state index contributed by atoms with van der Waals surface area (Å²) in [5.74, 6) is 2.75. The van der Waals surface area contributed by atoms with Crippen LogP contribution in [-0.2, 0) is 4.74 Å². The van der Waals surface area contributed by atoms with Gasteiger partial charge in [-0.15, -0.1) is 0 Å². The lowest BCUT2D eigenvalue weighted by Crippen LogP contribution is -2.36. The van der Waals surface area contributed by atoms with Crippen LogP contribution in [0.3, 0.4) is 0 Å². The Balaban J connectivity index is 1.85. The van der Waals surface area contributed by atoms with Gasteiger partial charge in [-0.1, -0.05) is 20.8 Å². The second kappa shape index (κ2) is 2.39. The molecule has 6 atom stereocenters. The molecule has 0 aromatic carbocycles. The van der Waals surface area contributed by atoms with Crippen molar-refractivity contribution < 1.29 is 4.74 Å². The molecule has 1 aliphatic heterocycles. The second-order valence-electron chi connectivity index (χ2n) is 7.84. The van der Waals surface area contributed by atoms with Gasteiger partial charge >= 0.3 is 0 Å². The van der Waals surface area contributed by atoms with Gasteiger partial charge in [0.1, 0.15) is 0 Å². The van der Waals surface area contributed by atoms with E-state index in [2.05, 4.69) is 27.7 Å². The third kappa shape index (κ3) is 0.805. The number of ether oxygens (including phenoxy) is 1. The van der Waals surface area contributed by atoms with Crippen LogP contribution in [0.2, 0.25) is 0 Å². The lowest BCUT2D eigenvalue weighted by molar-refractivity contribution is 0.0866. The number of hydrogen-bond acceptors (Lipinski definition) is 1. The van der Waals surface area contributed by atoms with E-state index in [0.717, 1.165) is 17.8 Å². The minimum Gasteiger partial charge on any atom is -0.366 e. The third-order valence-corrected chi connectivity index (χ3v) is 7.18. The zero-order valence-electron chi connectivity index (χ0n) is 11.0. The van der Waals surface area contributed by atoms with Crippen molar-refractivity contribution in [1.82, 2.24) is 0 Å². The van der Waals surface area contributed by atoms with Crippen molar-refractivity contribution in [3.8, 4) is 0 Å². The molecule has 2 bridgehead atoms. The predicted molar refractivity (Wildman–Crippen MR) is 64.1 cm³/mol. The molecule has 1 heteroatoms. The molecule has 0 amide bonds. The zero-order valence-corrected chi connectivity index (χ0v) is 11.0. The highest BCUT2D eigenvalue weighted by Crippen LogP contribution is 2.77. The van der Waals surface area contributed by atoms with Crippen LogP contribution in [0.25, 0.3) is 0 Å². The molecule has 4 aliphatic rings. The van der Waals surface area contributed by atoms with Gasteiger partial charge in [-0.05, 0) is 61.2 Å². The van der Waals surface area contributed by atoms with Crippen LogP contribution in [0.5, 0.6) is 0 Å². The maximum absolute atomic E-state index is 6.09. The Morgan fingerprint density at radius 3 is 2.50 bits per heavy atom. The number of hydrogen-bond donors (Lipinski definition) is 0. The quantitative estimate of drug-likeness (QED) is 0.568. The lowest BCUT2D eigenvalue weighted by atomic mass is 9.66. The first kappa shape index (κ1) is 9.94. The summed E-state index contributed by atoms with van der Waals surface area (Å²) in [6.07, 6.45) is 6.38. The van der Waals surface area contributed by atoms with Gasteiger partial charge in [-0.2, -0.15) is 0 Å². The molecule has 1 spiro atoms. The summed E-state index contributed by atoms with van der Waals surface area (Å²) in [6, 6.07) is 0. The smallest absolute Gasteiger partial charge is 0.0954 e. The molecule has 4 fully saturated rings. The lowest BCUT2D eigenvalue weighted by Gasteiger charge is -2.37. The van der Waals surface area contributed by atoms with Crippen LogP contribution in [-0.4, -0.2) is 11.7 Å². The molecule has 4 unspecified atom stereocenters. The maximum atomic E-state index is 6.09. The van der Waals surface area contributed by atoms with E-state index in [1.54, 1.807) is 0 Å². The van der Waals surface area contributed by atoms with Crippen molar-refractivity contribution in [2.75, 3.05) is 0 Å². The molecular weight excluding hydrogens is 196 g/mol. The van der Waals surface area contributed by atoms with E-state index in [-0.39, 0.29) is 5.60 Å². The number of fused-ring (bicyclic) bond motifs is 3. The molecule has 0 radical (unpaired) electrons. The summed E-state index contributed by atoms with van der Waals surface area (Å²) in [4.78, 5) is 0. The Bertz CT molecular complexity index is 356. The van der Waals surface area contributed by atoms with Gasteiger partial charge in [0.2, 0.25) is 0 Å². The fourth-order valence-electron chi connectivity index (χ4n) is 6.21. The molecule has 0 aromatic heterocycles. The van der Waals surface area contributed by atoms with Crippen molar-refractivity contribution >= 4 is 0 Å². The average molecular weight is 220 g/mol. The van der Waals surface area contributed by atoms with E-state index in [4.69, 9.17) is 4.74 Å². The fourth-order valence-corrected chi connectivity index (χ4v) is 6.21. The largest absolute Gasteiger partial charge is 0.366 e. The Morgan fingerprint density at radius 1 is 1.00 bits per heavy atom. The standard InChI is InChI=1S/C15H24O/c1-9-5-6-10-13(2,3)11-7-15(9,10)8-12-14(11,4)16-12/h9-12H,5-8H2,1-4H3/t9?,10?,11?,12?,14-,15+/m0/s1. The Morgan fingerprint density at radius 2 is 1.75 bits per heavy atom. The Labute approximate surface area is 98.9 Å². The Hall–Kier alpha value is -0.0400. The topological polar surface area (TPSA) is 12.5 Å². The second-order valence-corrected chi connectivity index (χ2v) is 7.84. The summed E-state index contributed by atoms with van der Waals surface area (Å²) in [6.45, 7) is 9.93. The summed E-state index contributed by atoms with van der Waals surface area (Å²) >= 11 is 0. The van der Waals surface area contributed by atoms with Gasteiger partial charge in [0.15, 0.2) is 0 Å². The van der Waals surface area contributed by atoms with Gasteiger partial charge in [-0.25, -0.2) is 0 Å². The highest BCUT2D eigenvalue weighted by Gasteiger charge is 2.76. The van der Waals surface area contributed by atoms with E-state index in [0.29, 0.717) is 16.9 Å². The number of epoxide rings is 1. The van der Waals surface area contributed by atoms with E-state index < -0.39 is 0 Å². The SMILES string of the molecule is CC1CCC2C(C)(C)C3C[C@@]12CC1O[C@]13C. The zero-order chi connectivity index (χ0) is 11.3. The normalized spacial score (nSPS) is 65.2. The molecule has 3 aliphatic carbocycles. The molecule has 1 saturated heterocycles. The van der Waals surface area contributed by atoms with Gasteiger partial charge in [-0.3, -0.25) is 0 Å². The monoisotopic (exact) mass is 220 g/mol. The minimum atomic E-state index is 0.263. The van der Waals surface area contributed by atoms with Gasteiger partial charge in [0.25, 0.3) is 0 Å².